The molecule has 0 bridgehead atoms. The summed E-state index contributed by atoms with van der Waals surface area (Å²) in [4.78, 5) is 30.6. The second-order valence-electron chi connectivity index (χ2n) is 6.31. The number of aliphatic hydroxyl groups excluding tert-OH is 1. The molecule has 0 spiro atoms. The molecule has 1 aromatic carbocycles. The maximum Gasteiger partial charge on any atom is 0.342 e. The van der Waals surface area contributed by atoms with E-state index in [1.165, 1.54) is 0 Å². The zero-order valence-electron chi connectivity index (χ0n) is 14.6. The fourth-order valence-electron chi connectivity index (χ4n) is 3.27. The molecule has 0 unspecified atom stereocenters. The highest BCUT2D eigenvalue weighted by Crippen LogP contribution is 2.26. The van der Waals surface area contributed by atoms with Crippen molar-refractivity contribution in [3.8, 4) is 0 Å². The average Bonchev–Trinajstić information content (AvgIpc) is 3.11. The number of pyridine rings is 1. The molecule has 7 nitrogen and oxygen atoms in total. The Hall–Kier alpha value is -3.19. The van der Waals surface area contributed by atoms with Gasteiger partial charge < -0.3 is 19.2 Å². The molecule has 0 aliphatic carbocycles. The van der Waals surface area contributed by atoms with Crippen molar-refractivity contribution >= 4 is 22.8 Å². The number of aromatic nitrogens is 1. The summed E-state index contributed by atoms with van der Waals surface area (Å²) in [6, 6.07) is 8.89. The first-order chi connectivity index (χ1) is 13.2. The van der Waals surface area contributed by atoms with Gasteiger partial charge in [-0.1, -0.05) is 12.1 Å². The largest absolute Gasteiger partial charge is 0.460 e. The van der Waals surface area contributed by atoms with Gasteiger partial charge in [0.25, 0.3) is 5.91 Å². The van der Waals surface area contributed by atoms with E-state index in [0.717, 1.165) is 17.4 Å². The van der Waals surface area contributed by atoms with Gasteiger partial charge in [0, 0.05) is 24.3 Å². The third kappa shape index (κ3) is 3.29. The molecule has 2 aromatic heterocycles. The number of amides is 1. The molecule has 7 heteroatoms. The van der Waals surface area contributed by atoms with Crippen LogP contribution in [0.4, 0.5) is 0 Å². The van der Waals surface area contributed by atoms with E-state index in [4.69, 9.17) is 14.3 Å². The number of carbonyl (C=O) groups is 2. The Kier molecular flexibility index (Phi) is 4.60. The number of aliphatic hydroxyl groups is 1. The molecule has 0 atom stereocenters. The van der Waals surface area contributed by atoms with E-state index in [1.807, 2.05) is 18.2 Å². The number of hydrogen-bond donors (Lipinski definition) is 1. The lowest BCUT2D eigenvalue weighted by atomic mass is 10.0. The maximum atomic E-state index is 12.7. The number of benzene rings is 1. The van der Waals surface area contributed by atoms with E-state index in [0.29, 0.717) is 35.6 Å². The fraction of sp³-hybridized carbons (Fsp3) is 0.250. The van der Waals surface area contributed by atoms with Crippen LogP contribution in [0, 0.1) is 0 Å². The van der Waals surface area contributed by atoms with Crippen molar-refractivity contribution in [2.45, 2.75) is 13.0 Å². The van der Waals surface area contributed by atoms with Gasteiger partial charge in [0.05, 0.1) is 18.7 Å². The van der Waals surface area contributed by atoms with Gasteiger partial charge in [-0.2, -0.15) is 0 Å². The number of rotatable bonds is 5. The van der Waals surface area contributed by atoms with Crippen molar-refractivity contribution in [3.63, 3.8) is 0 Å². The average molecular weight is 366 g/mol. The maximum absolute atomic E-state index is 12.7. The summed E-state index contributed by atoms with van der Waals surface area (Å²) in [7, 11) is 0. The van der Waals surface area contributed by atoms with Crippen LogP contribution in [0.15, 0.2) is 47.1 Å². The molecule has 1 aliphatic heterocycles. The number of fused-ring (bicyclic) bond motifs is 2. The van der Waals surface area contributed by atoms with Crippen LogP contribution in [0.3, 0.4) is 0 Å². The fourth-order valence-corrected chi connectivity index (χ4v) is 3.27. The summed E-state index contributed by atoms with van der Waals surface area (Å²) in [6.07, 6.45) is 4.05. The Morgan fingerprint density at radius 2 is 2.22 bits per heavy atom. The lowest BCUT2D eigenvalue weighted by Gasteiger charge is -2.27. The second-order valence-corrected chi connectivity index (χ2v) is 6.31. The Bertz CT molecular complexity index is 1010. The smallest absolute Gasteiger partial charge is 0.342 e. The van der Waals surface area contributed by atoms with Crippen LogP contribution in [0.25, 0.3) is 11.0 Å². The van der Waals surface area contributed by atoms with Crippen LogP contribution in [-0.4, -0.2) is 46.6 Å². The van der Waals surface area contributed by atoms with Crippen molar-refractivity contribution in [1.29, 1.82) is 0 Å². The first kappa shape index (κ1) is 17.2. The van der Waals surface area contributed by atoms with Gasteiger partial charge in [-0.15, -0.1) is 0 Å². The highest BCUT2D eigenvalue weighted by atomic mass is 16.5. The minimum atomic E-state index is -0.551. The number of para-hydroxylation sites is 1. The van der Waals surface area contributed by atoms with Crippen molar-refractivity contribution < 1.29 is 23.8 Å². The van der Waals surface area contributed by atoms with Gasteiger partial charge >= 0.3 is 5.97 Å². The van der Waals surface area contributed by atoms with Crippen LogP contribution >= 0.6 is 0 Å². The van der Waals surface area contributed by atoms with Gasteiger partial charge in [0.15, 0.2) is 0 Å². The van der Waals surface area contributed by atoms with Crippen LogP contribution in [0.2, 0.25) is 0 Å². The van der Waals surface area contributed by atoms with Crippen molar-refractivity contribution in [1.82, 2.24) is 9.88 Å². The molecule has 3 heterocycles. The summed E-state index contributed by atoms with van der Waals surface area (Å²) in [6.45, 7) is 0.600. The van der Waals surface area contributed by atoms with E-state index in [2.05, 4.69) is 4.98 Å². The molecule has 1 amide bonds. The summed E-state index contributed by atoms with van der Waals surface area (Å²) < 4.78 is 10.8. The second kappa shape index (κ2) is 7.20. The van der Waals surface area contributed by atoms with Gasteiger partial charge in [-0.25, -0.2) is 4.79 Å². The summed E-state index contributed by atoms with van der Waals surface area (Å²) in [5.74, 6) is -0.0370. The Morgan fingerprint density at radius 1 is 1.33 bits per heavy atom. The molecular formula is C20H18N2O5. The predicted molar refractivity (Wildman–Crippen MR) is 96.3 cm³/mol. The summed E-state index contributed by atoms with van der Waals surface area (Å²) in [5.41, 5.74) is 2.34. The molecule has 4 rings (SSSR count). The van der Waals surface area contributed by atoms with E-state index < -0.39 is 5.97 Å². The standard InChI is InChI=1S/C20H18N2O5/c23-8-9-26-20(25)16-3-1-2-14-10-15(27-18(14)16)12-22-7-5-13-4-6-21-11-17(13)19(22)24/h1-4,6,10-11,23H,5,7-9,12H2. The zero-order chi connectivity index (χ0) is 18.8. The molecular weight excluding hydrogens is 348 g/mol. The summed E-state index contributed by atoms with van der Waals surface area (Å²) in [5, 5.41) is 9.57. The minimum Gasteiger partial charge on any atom is -0.460 e. The van der Waals surface area contributed by atoms with Crippen LogP contribution in [0.1, 0.15) is 32.0 Å². The Morgan fingerprint density at radius 3 is 3.07 bits per heavy atom. The van der Waals surface area contributed by atoms with E-state index in [-0.39, 0.29) is 19.1 Å². The van der Waals surface area contributed by atoms with Gasteiger partial charge in [0.2, 0.25) is 0 Å². The van der Waals surface area contributed by atoms with Crippen molar-refractivity contribution in [2.75, 3.05) is 19.8 Å². The highest BCUT2D eigenvalue weighted by molar-refractivity contribution is 6.02. The SMILES string of the molecule is O=C(OCCO)c1cccc2cc(CN3CCc4ccncc4C3=O)oc12. The van der Waals surface area contributed by atoms with Gasteiger partial charge in [0.1, 0.15) is 23.5 Å². The van der Waals surface area contributed by atoms with E-state index in [1.54, 1.807) is 29.4 Å². The third-order valence-corrected chi connectivity index (χ3v) is 4.57. The summed E-state index contributed by atoms with van der Waals surface area (Å²) >= 11 is 0. The van der Waals surface area contributed by atoms with Crippen molar-refractivity contribution in [3.05, 3.63) is 65.2 Å². The van der Waals surface area contributed by atoms with Gasteiger partial charge in [-0.3, -0.25) is 9.78 Å². The predicted octanol–water partition coefficient (Wildman–Crippen LogP) is 2.18. The lowest BCUT2D eigenvalue weighted by molar-refractivity contribution is 0.0434. The number of nitrogens with zero attached hydrogens (tertiary/aromatic N) is 2. The zero-order valence-corrected chi connectivity index (χ0v) is 14.6. The van der Waals surface area contributed by atoms with Crippen LogP contribution in [-0.2, 0) is 17.7 Å². The van der Waals surface area contributed by atoms with Gasteiger partial charge in [-0.05, 0) is 30.2 Å². The topological polar surface area (TPSA) is 92.9 Å². The molecule has 0 fully saturated rings. The monoisotopic (exact) mass is 366 g/mol. The highest BCUT2D eigenvalue weighted by Gasteiger charge is 2.25. The molecule has 0 saturated carbocycles. The molecule has 0 radical (unpaired) electrons. The molecule has 27 heavy (non-hydrogen) atoms. The third-order valence-electron chi connectivity index (χ3n) is 4.57. The van der Waals surface area contributed by atoms with Crippen molar-refractivity contribution in [2.24, 2.45) is 0 Å². The van der Waals surface area contributed by atoms with Crippen LogP contribution < -0.4 is 0 Å². The molecule has 0 saturated heterocycles. The van der Waals surface area contributed by atoms with Crippen LogP contribution in [0.5, 0.6) is 0 Å². The number of ether oxygens (including phenoxy) is 1. The number of carbonyl (C=O) groups excluding carboxylic acids is 2. The number of furan rings is 1. The number of hydrogen-bond acceptors (Lipinski definition) is 6. The molecule has 1 N–H and O–H groups in total. The first-order valence-electron chi connectivity index (χ1n) is 8.69. The Labute approximate surface area is 155 Å². The molecule has 1 aliphatic rings. The lowest BCUT2D eigenvalue weighted by Crippen LogP contribution is -2.37. The number of esters is 1. The van der Waals surface area contributed by atoms with E-state index >= 15 is 0 Å². The normalized spacial score (nSPS) is 13.7. The van der Waals surface area contributed by atoms with E-state index in [9.17, 15) is 9.59 Å². The minimum absolute atomic E-state index is 0.0709. The first-order valence-corrected chi connectivity index (χ1v) is 8.69. The molecule has 3 aromatic rings. The Balaban J connectivity index is 1.59. The molecule has 138 valence electrons. The quantitative estimate of drug-likeness (QED) is 0.696.